The zero-order valence-corrected chi connectivity index (χ0v) is 10.9. The van der Waals surface area contributed by atoms with Crippen LogP contribution in [0.3, 0.4) is 0 Å². The van der Waals surface area contributed by atoms with Crippen LogP contribution in [0.5, 0.6) is 0 Å². The zero-order chi connectivity index (χ0) is 12.3. The quantitative estimate of drug-likeness (QED) is 0.720. The van der Waals surface area contributed by atoms with E-state index < -0.39 is 11.8 Å². The molecule has 0 aliphatic heterocycles. The average Bonchev–Trinajstić information content (AvgIpc) is 2.40. The largest absolute Gasteiger partial charge is 0.370 e. The van der Waals surface area contributed by atoms with Crippen molar-refractivity contribution in [3.63, 3.8) is 0 Å². The standard InChI is InChI=1S/C15H23FO/c1-3-12-7-9-13(10-8-12)15(17-2)11-5-4-6-14(15)16/h4-6,11-14H,3,7-10H2,1-2H3. The summed E-state index contributed by atoms with van der Waals surface area (Å²) in [5.74, 6) is 1.16. The first-order valence-corrected chi connectivity index (χ1v) is 6.78. The summed E-state index contributed by atoms with van der Waals surface area (Å²) >= 11 is 0. The monoisotopic (exact) mass is 238 g/mol. The van der Waals surface area contributed by atoms with Gasteiger partial charge in [0.15, 0.2) is 6.17 Å². The van der Waals surface area contributed by atoms with Crippen LogP contribution in [0.15, 0.2) is 24.3 Å². The molecule has 0 aromatic carbocycles. The molecule has 2 heteroatoms. The number of halogens is 1. The van der Waals surface area contributed by atoms with E-state index in [0.29, 0.717) is 5.92 Å². The van der Waals surface area contributed by atoms with Gasteiger partial charge in [-0.05, 0) is 36.8 Å². The Hall–Kier alpha value is -0.630. The minimum absolute atomic E-state index is 0.325. The first kappa shape index (κ1) is 12.8. The number of ether oxygens (including phenoxy) is 1. The van der Waals surface area contributed by atoms with Gasteiger partial charge in [0.05, 0.1) is 0 Å². The van der Waals surface area contributed by atoms with Crippen LogP contribution in [0.2, 0.25) is 0 Å². The van der Waals surface area contributed by atoms with Gasteiger partial charge in [-0.1, -0.05) is 38.3 Å². The molecule has 2 atom stereocenters. The maximum atomic E-state index is 14.2. The van der Waals surface area contributed by atoms with Gasteiger partial charge in [0.1, 0.15) is 5.60 Å². The van der Waals surface area contributed by atoms with Gasteiger partial charge in [0, 0.05) is 7.11 Å². The molecule has 0 spiro atoms. The minimum atomic E-state index is -0.999. The van der Waals surface area contributed by atoms with E-state index in [4.69, 9.17) is 4.74 Å². The van der Waals surface area contributed by atoms with Crippen molar-refractivity contribution in [3.8, 4) is 0 Å². The molecule has 0 aromatic rings. The highest BCUT2D eigenvalue weighted by atomic mass is 19.1. The first-order chi connectivity index (χ1) is 8.23. The Morgan fingerprint density at radius 2 is 1.94 bits per heavy atom. The maximum Gasteiger partial charge on any atom is 0.151 e. The van der Waals surface area contributed by atoms with Gasteiger partial charge in [-0.3, -0.25) is 0 Å². The summed E-state index contributed by atoms with van der Waals surface area (Å²) in [5.41, 5.74) is -0.701. The van der Waals surface area contributed by atoms with Crippen molar-refractivity contribution in [2.45, 2.75) is 50.8 Å². The smallest absolute Gasteiger partial charge is 0.151 e. The summed E-state index contributed by atoms with van der Waals surface area (Å²) in [7, 11) is 1.64. The Morgan fingerprint density at radius 1 is 1.24 bits per heavy atom. The fourth-order valence-corrected chi connectivity index (χ4v) is 3.34. The molecule has 2 rings (SSSR count). The molecule has 0 amide bonds. The van der Waals surface area contributed by atoms with Gasteiger partial charge < -0.3 is 4.74 Å². The SMILES string of the molecule is CCC1CCC(C2(OC)C=CC=CC2F)CC1. The summed E-state index contributed by atoms with van der Waals surface area (Å²) in [6.07, 6.45) is 12.1. The maximum absolute atomic E-state index is 14.2. The van der Waals surface area contributed by atoms with Crippen LogP contribution in [0, 0.1) is 11.8 Å². The molecule has 0 aromatic heterocycles. The van der Waals surface area contributed by atoms with Gasteiger partial charge in [-0.25, -0.2) is 4.39 Å². The van der Waals surface area contributed by atoms with Crippen LogP contribution in [0.25, 0.3) is 0 Å². The molecular formula is C15H23FO. The fraction of sp³-hybridized carbons (Fsp3) is 0.733. The molecule has 0 bridgehead atoms. The molecule has 17 heavy (non-hydrogen) atoms. The lowest BCUT2D eigenvalue weighted by atomic mass is 9.70. The molecule has 2 aliphatic rings. The van der Waals surface area contributed by atoms with Crippen LogP contribution >= 0.6 is 0 Å². The van der Waals surface area contributed by atoms with E-state index in [9.17, 15) is 4.39 Å². The number of methoxy groups -OCH3 is 1. The van der Waals surface area contributed by atoms with Crippen molar-refractivity contribution >= 4 is 0 Å². The van der Waals surface area contributed by atoms with E-state index in [1.165, 1.54) is 19.3 Å². The Kier molecular flexibility index (Phi) is 4.03. The summed E-state index contributed by atoms with van der Waals surface area (Å²) in [6.45, 7) is 2.25. The number of hydrogen-bond donors (Lipinski definition) is 0. The molecule has 0 saturated heterocycles. The lowest BCUT2D eigenvalue weighted by Gasteiger charge is -2.43. The third kappa shape index (κ3) is 2.33. The van der Waals surface area contributed by atoms with Crippen LogP contribution in [-0.2, 0) is 4.74 Å². The normalized spacial score (nSPS) is 41.7. The Bertz CT molecular complexity index is 302. The van der Waals surface area contributed by atoms with E-state index in [0.717, 1.165) is 18.8 Å². The molecule has 2 aliphatic carbocycles. The highest BCUT2D eigenvalue weighted by Gasteiger charge is 2.45. The summed E-state index contributed by atoms with van der Waals surface area (Å²) in [6, 6.07) is 0. The third-order valence-electron chi connectivity index (χ3n) is 4.59. The number of rotatable bonds is 3. The molecule has 0 radical (unpaired) electrons. The van der Waals surface area contributed by atoms with Gasteiger partial charge in [-0.15, -0.1) is 0 Å². The van der Waals surface area contributed by atoms with Gasteiger partial charge in [0.25, 0.3) is 0 Å². The fourth-order valence-electron chi connectivity index (χ4n) is 3.34. The topological polar surface area (TPSA) is 9.23 Å². The second kappa shape index (κ2) is 5.34. The van der Waals surface area contributed by atoms with Crippen molar-refractivity contribution in [2.24, 2.45) is 11.8 Å². The number of alkyl halides is 1. The summed E-state index contributed by atoms with van der Waals surface area (Å²) in [4.78, 5) is 0. The molecular weight excluding hydrogens is 215 g/mol. The lowest BCUT2D eigenvalue weighted by Crippen LogP contribution is -2.48. The van der Waals surface area contributed by atoms with Crippen molar-refractivity contribution in [1.29, 1.82) is 0 Å². The van der Waals surface area contributed by atoms with E-state index >= 15 is 0 Å². The van der Waals surface area contributed by atoms with Gasteiger partial charge >= 0.3 is 0 Å². The van der Waals surface area contributed by atoms with Crippen LogP contribution in [0.1, 0.15) is 39.0 Å². The van der Waals surface area contributed by atoms with Gasteiger partial charge in [-0.2, -0.15) is 0 Å². The molecule has 1 saturated carbocycles. The molecule has 1 nitrogen and oxygen atoms in total. The molecule has 96 valence electrons. The zero-order valence-electron chi connectivity index (χ0n) is 10.9. The molecule has 2 unspecified atom stereocenters. The van der Waals surface area contributed by atoms with Crippen LogP contribution in [0.4, 0.5) is 4.39 Å². The second-order valence-electron chi connectivity index (χ2n) is 5.33. The van der Waals surface area contributed by atoms with Crippen molar-refractivity contribution < 1.29 is 9.13 Å². The van der Waals surface area contributed by atoms with E-state index in [2.05, 4.69) is 6.92 Å². The summed E-state index contributed by atoms with van der Waals surface area (Å²) < 4.78 is 19.8. The first-order valence-electron chi connectivity index (χ1n) is 6.78. The highest BCUT2D eigenvalue weighted by Crippen LogP contribution is 2.42. The Labute approximate surface area is 104 Å². The predicted molar refractivity (Wildman–Crippen MR) is 68.7 cm³/mol. The lowest BCUT2D eigenvalue weighted by molar-refractivity contribution is -0.0743. The molecule has 0 N–H and O–H groups in total. The summed E-state index contributed by atoms with van der Waals surface area (Å²) in [5, 5.41) is 0. The van der Waals surface area contributed by atoms with E-state index in [1.807, 2.05) is 12.2 Å². The average molecular weight is 238 g/mol. The van der Waals surface area contributed by atoms with Gasteiger partial charge in [0.2, 0.25) is 0 Å². The van der Waals surface area contributed by atoms with Crippen LogP contribution in [-0.4, -0.2) is 18.9 Å². The van der Waals surface area contributed by atoms with Crippen molar-refractivity contribution in [2.75, 3.05) is 7.11 Å². The number of hydrogen-bond acceptors (Lipinski definition) is 1. The predicted octanol–water partition coefficient (Wildman–Crippen LogP) is 4.05. The Balaban J connectivity index is 2.09. The van der Waals surface area contributed by atoms with Crippen LogP contribution < -0.4 is 0 Å². The third-order valence-corrected chi connectivity index (χ3v) is 4.59. The Morgan fingerprint density at radius 3 is 2.47 bits per heavy atom. The minimum Gasteiger partial charge on any atom is -0.370 e. The van der Waals surface area contributed by atoms with Crippen molar-refractivity contribution in [1.82, 2.24) is 0 Å². The highest BCUT2D eigenvalue weighted by molar-refractivity contribution is 5.25. The molecule has 1 fully saturated rings. The van der Waals surface area contributed by atoms with E-state index in [-0.39, 0.29) is 0 Å². The molecule has 0 heterocycles. The van der Waals surface area contributed by atoms with E-state index in [1.54, 1.807) is 19.3 Å². The second-order valence-corrected chi connectivity index (χ2v) is 5.33. The van der Waals surface area contributed by atoms with Crippen molar-refractivity contribution in [3.05, 3.63) is 24.3 Å². The number of allylic oxidation sites excluding steroid dienone is 2.